The summed E-state index contributed by atoms with van der Waals surface area (Å²) in [5, 5.41) is 14.1. The summed E-state index contributed by atoms with van der Waals surface area (Å²) in [6, 6.07) is 3.87. The molecule has 1 fully saturated rings. The Morgan fingerprint density at radius 2 is 1.84 bits per heavy atom. The molecule has 0 saturated carbocycles. The number of nitrogens with one attached hydrogen (secondary N) is 1. The van der Waals surface area contributed by atoms with Crippen molar-refractivity contribution in [1.82, 2.24) is 10.2 Å². The van der Waals surface area contributed by atoms with E-state index in [0.717, 1.165) is 37.3 Å². The second-order valence-corrected chi connectivity index (χ2v) is 5.06. The molecule has 0 bridgehead atoms. The van der Waals surface area contributed by atoms with Crippen LogP contribution in [0.3, 0.4) is 0 Å². The molecule has 0 aromatic heterocycles. The predicted molar refractivity (Wildman–Crippen MR) is 85.2 cm³/mol. The first-order chi connectivity index (χ1) is 8.09. The summed E-state index contributed by atoms with van der Waals surface area (Å²) in [5.41, 5.74) is 1.77. The van der Waals surface area contributed by atoms with Crippen LogP contribution < -0.4 is 5.32 Å². The lowest BCUT2D eigenvalue weighted by Crippen LogP contribution is -2.44. The van der Waals surface area contributed by atoms with Crippen LogP contribution >= 0.6 is 36.4 Å². The molecule has 1 aromatic carbocycles. The molecule has 1 aliphatic heterocycles. The lowest BCUT2D eigenvalue weighted by atomic mass is 10.0. The van der Waals surface area contributed by atoms with Crippen LogP contribution in [0.2, 0.25) is 5.02 Å². The molecule has 1 atom stereocenters. The zero-order valence-corrected chi connectivity index (χ0v) is 13.5. The summed E-state index contributed by atoms with van der Waals surface area (Å²) >= 11 is 6.06. The lowest BCUT2D eigenvalue weighted by molar-refractivity contribution is 0.183. The summed E-state index contributed by atoms with van der Waals surface area (Å²) < 4.78 is 0. The van der Waals surface area contributed by atoms with Gasteiger partial charge < -0.3 is 10.4 Å². The van der Waals surface area contributed by atoms with E-state index in [1.807, 2.05) is 13.0 Å². The van der Waals surface area contributed by atoms with Crippen LogP contribution in [-0.4, -0.2) is 36.2 Å². The molecule has 1 aromatic rings. The van der Waals surface area contributed by atoms with E-state index in [4.69, 9.17) is 11.6 Å². The van der Waals surface area contributed by atoms with Crippen molar-refractivity contribution < 1.29 is 5.11 Å². The van der Waals surface area contributed by atoms with Crippen molar-refractivity contribution >= 4 is 36.4 Å². The van der Waals surface area contributed by atoms with Gasteiger partial charge in [-0.25, -0.2) is 0 Å². The first-order valence-electron chi connectivity index (χ1n) is 6.03. The van der Waals surface area contributed by atoms with Crippen LogP contribution in [0.15, 0.2) is 12.1 Å². The van der Waals surface area contributed by atoms with E-state index in [9.17, 15) is 5.11 Å². The normalized spacial score (nSPS) is 17.2. The van der Waals surface area contributed by atoms with Gasteiger partial charge in [-0.15, -0.1) is 24.8 Å². The molecule has 19 heavy (non-hydrogen) atoms. The third-order valence-electron chi connectivity index (χ3n) is 3.44. The Hall–Kier alpha value is -0.190. The highest BCUT2D eigenvalue weighted by Gasteiger charge is 2.21. The van der Waals surface area contributed by atoms with Gasteiger partial charge in [0.2, 0.25) is 0 Å². The number of benzene rings is 1. The van der Waals surface area contributed by atoms with Gasteiger partial charge in [-0.1, -0.05) is 11.6 Å². The maximum absolute atomic E-state index is 10.1. The van der Waals surface area contributed by atoms with Crippen LogP contribution in [0.25, 0.3) is 0 Å². The number of halogens is 3. The van der Waals surface area contributed by atoms with Gasteiger partial charge in [0, 0.05) is 42.8 Å². The molecule has 1 saturated heterocycles. The van der Waals surface area contributed by atoms with Crippen molar-refractivity contribution in [2.24, 2.45) is 0 Å². The number of phenolic OH excluding ortho intramolecular Hbond substituents is 1. The minimum Gasteiger partial charge on any atom is -0.507 e. The Balaban J connectivity index is 0.00000162. The molecule has 0 amide bonds. The van der Waals surface area contributed by atoms with Crippen molar-refractivity contribution in [2.45, 2.75) is 19.9 Å². The molecule has 0 radical (unpaired) electrons. The molecule has 0 unspecified atom stereocenters. The Kier molecular flexibility index (Phi) is 8.09. The van der Waals surface area contributed by atoms with E-state index in [2.05, 4.69) is 17.1 Å². The fraction of sp³-hybridized carbons (Fsp3) is 0.538. The number of piperazine rings is 1. The highest BCUT2D eigenvalue weighted by Crippen LogP contribution is 2.33. The van der Waals surface area contributed by atoms with Gasteiger partial charge in [-0.2, -0.15) is 0 Å². The molecule has 6 heteroatoms. The lowest BCUT2D eigenvalue weighted by Gasteiger charge is -2.33. The molecular weight excluding hydrogens is 307 g/mol. The van der Waals surface area contributed by atoms with Crippen LogP contribution in [0, 0.1) is 6.92 Å². The van der Waals surface area contributed by atoms with Gasteiger partial charge >= 0.3 is 0 Å². The number of phenols is 1. The summed E-state index contributed by atoms with van der Waals surface area (Å²) in [5.74, 6) is 0.375. The van der Waals surface area contributed by atoms with Crippen LogP contribution in [-0.2, 0) is 0 Å². The van der Waals surface area contributed by atoms with Crippen molar-refractivity contribution in [3.8, 4) is 5.75 Å². The number of aromatic hydroxyl groups is 1. The quantitative estimate of drug-likeness (QED) is 0.876. The van der Waals surface area contributed by atoms with Crippen molar-refractivity contribution in [3.63, 3.8) is 0 Å². The van der Waals surface area contributed by atoms with Gasteiger partial charge in [0.25, 0.3) is 0 Å². The van der Waals surface area contributed by atoms with E-state index < -0.39 is 0 Å². The molecule has 110 valence electrons. The first kappa shape index (κ1) is 18.8. The topological polar surface area (TPSA) is 35.5 Å². The van der Waals surface area contributed by atoms with E-state index in [-0.39, 0.29) is 30.9 Å². The fourth-order valence-corrected chi connectivity index (χ4v) is 2.63. The van der Waals surface area contributed by atoms with Crippen molar-refractivity contribution in [2.75, 3.05) is 26.2 Å². The van der Waals surface area contributed by atoms with E-state index in [1.165, 1.54) is 0 Å². The number of hydrogen-bond acceptors (Lipinski definition) is 3. The smallest absolute Gasteiger partial charge is 0.123 e. The summed E-state index contributed by atoms with van der Waals surface area (Å²) in [6.07, 6.45) is 0. The molecular formula is C13H21Cl3N2O. The summed E-state index contributed by atoms with van der Waals surface area (Å²) in [4.78, 5) is 2.36. The van der Waals surface area contributed by atoms with Gasteiger partial charge in [0.05, 0.1) is 0 Å². The Morgan fingerprint density at radius 3 is 2.42 bits per heavy atom. The molecule has 0 aliphatic carbocycles. The second kappa shape index (κ2) is 8.18. The first-order valence-corrected chi connectivity index (χ1v) is 6.41. The Labute approximate surface area is 132 Å². The Morgan fingerprint density at radius 1 is 1.26 bits per heavy atom. The molecule has 1 heterocycles. The monoisotopic (exact) mass is 326 g/mol. The molecule has 3 nitrogen and oxygen atoms in total. The van der Waals surface area contributed by atoms with Crippen LogP contribution in [0.5, 0.6) is 5.75 Å². The van der Waals surface area contributed by atoms with Crippen LogP contribution in [0.4, 0.5) is 0 Å². The van der Waals surface area contributed by atoms with Gasteiger partial charge in [0.1, 0.15) is 5.75 Å². The molecule has 2 N–H and O–H groups in total. The molecule has 2 rings (SSSR count). The number of rotatable bonds is 2. The maximum atomic E-state index is 10.1. The maximum Gasteiger partial charge on any atom is 0.123 e. The highest BCUT2D eigenvalue weighted by atomic mass is 35.5. The minimum absolute atomic E-state index is 0. The van der Waals surface area contributed by atoms with E-state index in [1.54, 1.807) is 6.07 Å². The third kappa shape index (κ3) is 4.40. The van der Waals surface area contributed by atoms with Gasteiger partial charge in [0.15, 0.2) is 0 Å². The SMILES string of the molecule is Cc1cc(Cl)cc([C@H](C)N2CCNCC2)c1O.Cl.Cl. The van der Waals surface area contributed by atoms with Crippen molar-refractivity contribution in [3.05, 3.63) is 28.3 Å². The highest BCUT2D eigenvalue weighted by molar-refractivity contribution is 6.30. The second-order valence-electron chi connectivity index (χ2n) is 4.62. The summed E-state index contributed by atoms with van der Waals surface area (Å²) in [7, 11) is 0. The summed E-state index contributed by atoms with van der Waals surface area (Å²) in [6.45, 7) is 8.03. The van der Waals surface area contributed by atoms with Crippen molar-refractivity contribution in [1.29, 1.82) is 0 Å². The number of hydrogen-bond donors (Lipinski definition) is 2. The standard InChI is InChI=1S/C13H19ClN2O.2ClH/c1-9-7-11(14)8-12(13(9)17)10(2)16-5-3-15-4-6-16;;/h7-8,10,15,17H,3-6H2,1-2H3;2*1H/t10-;;/m0../s1. The zero-order chi connectivity index (χ0) is 12.4. The molecule has 1 aliphatic rings. The average Bonchev–Trinajstić information content (AvgIpc) is 2.34. The van der Waals surface area contributed by atoms with Gasteiger partial charge in [-0.3, -0.25) is 4.90 Å². The van der Waals surface area contributed by atoms with Gasteiger partial charge in [-0.05, 0) is 31.5 Å². The third-order valence-corrected chi connectivity index (χ3v) is 3.66. The van der Waals surface area contributed by atoms with E-state index in [0.29, 0.717) is 10.8 Å². The predicted octanol–water partition coefficient (Wildman–Crippen LogP) is 3.16. The molecule has 0 spiro atoms. The number of aryl methyl sites for hydroxylation is 1. The average molecular weight is 328 g/mol. The van der Waals surface area contributed by atoms with E-state index >= 15 is 0 Å². The van der Waals surface area contributed by atoms with Crippen LogP contribution in [0.1, 0.15) is 24.1 Å². The zero-order valence-electron chi connectivity index (χ0n) is 11.1. The largest absolute Gasteiger partial charge is 0.507 e. The number of nitrogens with zero attached hydrogens (tertiary/aromatic N) is 1. The Bertz CT molecular complexity index is 409. The fourth-order valence-electron chi connectivity index (χ4n) is 2.35. The minimum atomic E-state index is 0.